The van der Waals surface area contributed by atoms with Crippen molar-refractivity contribution in [1.82, 2.24) is 14.9 Å². The molecule has 3 aromatic rings. The van der Waals surface area contributed by atoms with Crippen LogP contribution in [0.25, 0.3) is 11.0 Å². The van der Waals surface area contributed by atoms with Gasteiger partial charge in [-0.05, 0) is 80.5 Å². The minimum Gasteiger partial charge on any atom is -0.499 e. The van der Waals surface area contributed by atoms with Gasteiger partial charge in [0, 0.05) is 36.4 Å². The molecule has 38 heavy (non-hydrogen) atoms. The number of ether oxygens (including phenoxy) is 1. The maximum Gasteiger partial charge on any atom is 1.00 e. The molecule has 1 fully saturated rings. The second-order valence-electron chi connectivity index (χ2n) is 9.24. The third-order valence-corrected chi connectivity index (χ3v) is 6.26. The van der Waals surface area contributed by atoms with Crippen molar-refractivity contribution in [3.63, 3.8) is 0 Å². The molecule has 0 saturated carbocycles. The van der Waals surface area contributed by atoms with Crippen molar-refractivity contribution in [2.75, 3.05) is 19.7 Å². The zero-order valence-corrected chi connectivity index (χ0v) is 25.9. The number of aromatic amines is 1. The number of hydrogen-bond donors (Lipinski definition) is 1. The molecule has 1 aliphatic heterocycles. The summed E-state index contributed by atoms with van der Waals surface area (Å²) >= 11 is 0. The van der Waals surface area contributed by atoms with Crippen LogP contribution in [0.2, 0.25) is 0 Å². The molecule has 4 rings (SSSR count). The van der Waals surface area contributed by atoms with E-state index in [1.54, 1.807) is 0 Å². The number of nitrogens with zero attached hydrogens (tertiary/aromatic N) is 2. The van der Waals surface area contributed by atoms with Crippen molar-refractivity contribution in [3.05, 3.63) is 96.5 Å². The van der Waals surface area contributed by atoms with E-state index in [2.05, 4.69) is 47.1 Å². The van der Waals surface area contributed by atoms with Gasteiger partial charge in [-0.1, -0.05) is 33.1 Å². The number of H-pyrrole nitrogens is 1. The van der Waals surface area contributed by atoms with E-state index in [1.807, 2.05) is 33.9 Å². The third kappa shape index (κ3) is 10.9. The van der Waals surface area contributed by atoms with Crippen LogP contribution in [-0.2, 0) is 17.6 Å². The molecule has 2 aromatic heterocycles. The van der Waals surface area contributed by atoms with Gasteiger partial charge in [-0.15, -0.1) is 6.42 Å². The Kier molecular flexibility index (Phi) is 15.5. The quantitative estimate of drug-likeness (QED) is 0.253. The minimum absolute atomic E-state index is 0. The van der Waals surface area contributed by atoms with Crippen LogP contribution in [0.3, 0.4) is 0 Å². The second-order valence-corrected chi connectivity index (χ2v) is 9.24. The van der Waals surface area contributed by atoms with Gasteiger partial charge in [-0.25, -0.2) is 13.8 Å². The van der Waals surface area contributed by atoms with Crippen LogP contribution in [-0.4, -0.2) is 34.6 Å². The number of nitrogens with one attached hydrogen (secondary N) is 1. The Morgan fingerprint density at radius 2 is 1.84 bits per heavy atom. The molecule has 4 nitrogen and oxygen atoms in total. The van der Waals surface area contributed by atoms with E-state index in [4.69, 9.17) is 4.74 Å². The van der Waals surface area contributed by atoms with Crippen LogP contribution in [0, 0.1) is 31.4 Å². The van der Waals surface area contributed by atoms with Crippen LogP contribution in [0.5, 0.6) is 0 Å². The van der Waals surface area contributed by atoms with Gasteiger partial charge in [0.05, 0.1) is 12.4 Å². The Morgan fingerprint density at radius 3 is 2.45 bits per heavy atom. The van der Waals surface area contributed by atoms with Crippen molar-refractivity contribution in [1.29, 1.82) is 0 Å². The summed E-state index contributed by atoms with van der Waals surface area (Å²) in [6.45, 7) is 22.2. The molecule has 0 amide bonds. The molecule has 7 heteroatoms. The van der Waals surface area contributed by atoms with Crippen LogP contribution in [0.15, 0.2) is 61.1 Å². The number of aromatic nitrogens is 2. The first kappa shape index (κ1) is 33.9. The molecule has 0 bridgehead atoms. The predicted octanol–water partition coefficient (Wildman–Crippen LogP) is 4.95. The van der Waals surface area contributed by atoms with Gasteiger partial charge in [0.15, 0.2) is 0 Å². The SMILES string of the molecule is C=C(C)OCC1CCN(C(=C)CCc2ccc(F)cc2F)CC1.CC.[CH2-]Cc1cc2cc(C)cnc2[nH]1.[Na+]. The Bertz CT molecular complexity index is 1150. The summed E-state index contributed by atoms with van der Waals surface area (Å²) in [5.41, 5.74) is 4.85. The average molecular weight is 534 g/mol. The van der Waals surface area contributed by atoms with Gasteiger partial charge >= 0.3 is 29.6 Å². The van der Waals surface area contributed by atoms with Gasteiger partial charge < -0.3 is 21.5 Å². The van der Waals surface area contributed by atoms with Crippen LogP contribution < -0.4 is 29.6 Å². The standard InChI is InChI=1S/C19H25F2NO.C10H11N2.C2H6.Na/c1-14(2)23-13-16-8-10-22(11-9-16)15(3)4-5-17-6-7-18(20)12-19(17)21;1-3-9-5-8-4-7(2)6-11-10(8)12-9;1-2;/h6-7,12,16H,1,3-5,8-11,13H2,2H3;4-6H,1,3H2,2H3,(H,11,12);1-2H3;/q;-1;;+1. The fourth-order valence-corrected chi connectivity index (χ4v) is 4.15. The Balaban J connectivity index is 0.000000404. The van der Waals surface area contributed by atoms with E-state index in [0.717, 1.165) is 67.8 Å². The first-order valence-corrected chi connectivity index (χ1v) is 13.1. The van der Waals surface area contributed by atoms with Crippen LogP contribution in [0.1, 0.15) is 56.9 Å². The molecular formula is C31H42F2N3NaO. The summed E-state index contributed by atoms with van der Waals surface area (Å²) in [6, 6.07) is 7.97. The largest absolute Gasteiger partial charge is 1.00 e. The molecule has 0 atom stereocenters. The number of likely N-dealkylation sites (tertiary alicyclic amines) is 1. The number of pyridine rings is 1. The minimum atomic E-state index is -0.538. The molecule has 0 aliphatic carbocycles. The van der Waals surface area contributed by atoms with Crippen molar-refractivity contribution < 1.29 is 43.1 Å². The molecule has 0 radical (unpaired) electrons. The summed E-state index contributed by atoms with van der Waals surface area (Å²) in [5, 5.41) is 1.17. The average Bonchev–Trinajstić information content (AvgIpc) is 3.31. The molecule has 1 aromatic carbocycles. The van der Waals surface area contributed by atoms with Gasteiger partial charge in [-0.3, -0.25) is 0 Å². The first-order valence-electron chi connectivity index (χ1n) is 13.1. The van der Waals surface area contributed by atoms with Crippen LogP contribution in [0.4, 0.5) is 8.78 Å². The number of allylic oxidation sites excluding steroid dienone is 2. The van der Waals surface area contributed by atoms with Gasteiger partial charge in [0.25, 0.3) is 0 Å². The van der Waals surface area contributed by atoms with Crippen LogP contribution >= 0.6 is 0 Å². The third-order valence-electron chi connectivity index (χ3n) is 6.26. The maximum absolute atomic E-state index is 13.6. The number of aryl methyl sites for hydroxylation is 2. The maximum atomic E-state index is 13.6. The van der Waals surface area contributed by atoms with E-state index in [0.29, 0.717) is 24.3 Å². The van der Waals surface area contributed by atoms with E-state index in [9.17, 15) is 8.78 Å². The summed E-state index contributed by atoms with van der Waals surface area (Å²) < 4.78 is 32.0. The zero-order valence-electron chi connectivity index (χ0n) is 23.9. The fourth-order valence-electron chi connectivity index (χ4n) is 4.15. The number of halogens is 2. The molecule has 3 heterocycles. The fraction of sp³-hybridized carbons (Fsp3) is 0.419. The summed E-state index contributed by atoms with van der Waals surface area (Å²) in [7, 11) is 0. The van der Waals surface area contributed by atoms with E-state index < -0.39 is 11.6 Å². The topological polar surface area (TPSA) is 41.1 Å². The first-order chi connectivity index (χ1) is 17.7. The molecule has 202 valence electrons. The molecule has 0 spiro atoms. The smallest absolute Gasteiger partial charge is 0.499 e. The van der Waals surface area contributed by atoms with Gasteiger partial charge in [-0.2, -0.15) is 0 Å². The summed E-state index contributed by atoms with van der Waals surface area (Å²) in [4.78, 5) is 9.73. The Hall–Kier alpha value is -2.15. The predicted molar refractivity (Wildman–Crippen MR) is 150 cm³/mol. The number of hydrogen-bond acceptors (Lipinski definition) is 3. The summed E-state index contributed by atoms with van der Waals surface area (Å²) in [6.07, 6.45) is 6.02. The van der Waals surface area contributed by atoms with E-state index >= 15 is 0 Å². The molecule has 0 unspecified atom stereocenters. The monoisotopic (exact) mass is 533 g/mol. The second kappa shape index (κ2) is 17.4. The van der Waals surface area contributed by atoms with E-state index in [-0.39, 0.29) is 29.6 Å². The zero-order chi connectivity index (χ0) is 27.4. The number of fused-ring (bicyclic) bond motifs is 1. The Labute approximate surface area is 249 Å². The van der Waals surface area contributed by atoms with Crippen molar-refractivity contribution in [2.45, 2.75) is 59.8 Å². The molecule has 1 aliphatic rings. The number of piperidine rings is 1. The molecular weight excluding hydrogens is 491 g/mol. The Morgan fingerprint density at radius 1 is 1.16 bits per heavy atom. The normalized spacial score (nSPS) is 13.0. The summed E-state index contributed by atoms with van der Waals surface area (Å²) in [5.74, 6) is 0.307. The van der Waals surface area contributed by atoms with Crippen molar-refractivity contribution in [2.24, 2.45) is 5.92 Å². The van der Waals surface area contributed by atoms with E-state index in [1.165, 1.54) is 23.1 Å². The number of rotatable bonds is 8. The van der Waals surface area contributed by atoms with Crippen molar-refractivity contribution in [3.8, 4) is 0 Å². The molecule has 1 N–H and O–H groups in total. The number of benzene rings is 1. The van der Waals surface area contributed by atoms with Crippen molar-refractivity contribution >= 4 is 11.0 Å². The van der Waals surface area contributed by atoms with Gasteiger partial charge in [0.2, 0.25) is 0 Å². The van der Waals surface area contributed by atoms with Gasteiger partial charge in [0.1, 0.15) is 17.3 Å². The molecule has 1 saturated heterocycles.